The Kier molecular flexibility index (Phi) is 4.72. The lowest BCUT2D eigenvalue weighted by Gasteiger charge is -2.20. The lowest BCUT2D eigenvalue weighted by molar-refractivity contribution is -0.141. The van der Waals surface area contributed by atoms with Crippen molar-refractivity contribution in [1.82, 2.24) is 9.55 Å². The minimum atomic E-state index is -1.01. The van der Waals surface area contributed by atoms with E-state index in [9.17, 15) is 14.7 Å². The van der Waals surface area contributed by atoms with E-state index in [2.05, 4.69) is 4.98 Å². The zero-order chi connectivity index (χ0) is 18.1. The number of aliphatic carboxylic acids is 1. The van der Waals surface area contributed by atoms with Crippen molar-refractivity contribution in [1.29, 1.82) is 0 Å². The fourth-order valence-corrected chi connectivity index (χ4v) is 3.97. The van der Waals surface area contributed by atoms with Gasteiger partial charge >= 0.3 is 5.97 Å². The Morgan fingerprint density at radius 3 is 2.52 bits per heavy atom. The number of benzene rings is 1. The van der Waals surface area contributed by atoms with Gasteiger partial charge in [-0.05, 0) is 12.0 Å². The van der Waals surface area contributed by atoms with Crippen LogP contribution in [-0.2, 0) is 4.79 Å². The van der Waals surface area contributed by atoms with Gasteiger partial charge in [0.15, 0.2) is 0 Å². The van der Waals surface area contributed by atoms with E-state index in [0.29, 0.717) is 22.5 Å². The van der Waals surface area contributed by atoms with Gasteiger partial charge in [-0.1, -0.05) is 51.1 Å². The number of rotatable bonds is 5. The van der Waals surface area contributed by atoms with Crippen LogP contribution in [0.3, 0.4) is 0 Å². The van der Waals surface area contributed by atoms with E-state index in [0.717, 1.165) is 11.1 Å². The van der Waals surface area contributed by atoms with E-state index < -0.39 is 12.0 Å². The molecule has 0 bridgehead atoms. The number of thiophene rings is 1. The zero-order valence-electron chi connectivity index (χ0n) is 14.4. The average molecular weight is 356 g/mol. The van der Waals surface area contributed by atoms with Crippen molar-refractivity contribution in [2.45, 2.75) is 39.2 Å². The average Bonchev–Trinajstić information content (AvgIpc) is 3.02. The summed E-state index contributed by atoms with van der Waals surface area (Å²) in [5.41, 5.74) is 1.46. The molecule has 1 N–H and O–H groups in total. The van der Waals surface area contributed by atoms with Gasteiger partial charge in [0.1, 0.15) is 16.7 Å². The van der Waals surface area contributed by atoms with E-state index in [1.165, 1.54) is 15.9 Å². The minimum absolute atomic E-state index is 0.0484. The highest BCUT2D eigenvalue weighted by Gasteiger charge is 2.26. The Labute approximate surface area is 149 Å². The topological polar surface area (TPSA) is 72.2 Å². The summed E-state index contributed by atoms with van der Waals surface area (Å²) in [6.07, 6.45) is 0.326. The summed E-state index contributed by atoms with van der Waals surface area (Å²) in [5.74, 6) is -0.537. The van der Waals surface area contributed by atoms with Gasteiger partial charge in [-0.3, -0.25) is 9.36 Å². The highest BCUT2D eigenvalue weighted by molar-refractivity contribution is 7.17. The van der Waals surface area contributed by atoms with Gasteiger partial charge in [0, 0.05) is 16.9 Å². The van der Waals surface area contributed by atoms with Crippen LogP contribution in [0, 0.1) is 0 Å². The van der Waals surface area contributed by atoms with E-state index >= 15 is 0 Å². The molecule has 130 valence electrons. The van der Waals surface area contributed by atoms with Gasteiger partial charge in [-0.2, -0.15) is 0 Å². The second-order valence-corrected chi connectivity index (χ2v) is 7.12. The summed E-state index contributed by atoms with van der Waals surface area (Å²) in [5, 5.41) is 12.0. The predicted molar refractivity (Wildman–Crippen MR) is 100 cm³/mol. The summed E-state index contributed by atoms with van der Waals surface area (Å²) in [4.78, 5) is 30.3. The summed E-state index contributed by atoms with van der Waals surface area (Å²) < 4.78 is 1.37. The Bertz CT molecular complexity index is 973. The van der Waals surface area contributed by atoms with Crippen LogP contribution in [0.1, 0.15) is 45.0 Å². The number of hydrogen-bond donors (Lipinski definition) is 1. The van der Waals surface area contributed by atoms with Gasteiger partial charge in [0.05, 0.1) is 5.39 Å². The molecule has 0 saturated carbocycles. The molecule has 0 aliphatic carbocycles. The number of fused-ring (bicyclic) bond motifs is 1. The van der Waals surface area contributed by atoms with Crippen molar-refractivity contribution in [2.24, 2.45) is 0 Å². The molecule has 2 aromatic heterocycles. The van der Waals surface area contributed by atoms with Crippen LogP contribution >= 0.6 is 11.3 Å². The van der Waals surface area contributed by atoms with Gasteiger partial charge in [-0.25, -0.2) is 9.78 Å². The first-order valence-corrected chi connectivity index (χ1v) is 9.15. The normalized spacial score (nSPS) is 12.6. The fourth-order valence-electron chi connectivity index (χ4n) is 3.03. The molecule has 0 amide bonds. The predicted octanol–water partition coefficient (Wildman–Crippen LogP) is 4.28. The molecule has 2 heterocycles. The fraction of sp³-hybridized carbons (Fsp3) is 0.316. The molecule has 0 saturated heterocycles. The van der Waals surface area contributed by atoms with Crippen molar-refractivity contribution in [3.63, 3.8) is 0 Å². The van der Waals surface area contributed by atoms with Gasteiger partial charge in [-0.15, -0.1) is 11.3 Å². The highest BCUT2D eigenvalue weighted by Crippen LogP contribution is 2.32. The summed E-state index contributed by atoms with van der Waals surface area (Å²) in [6, 6.07) is 8.72. The maximum absolute atomic E-state index is 13.3. The summed E-state index contributed by atoms with van der Waals surface area (Å²) in [6.45, 7) is 5.61. The third-order valence-corrected chi connectivity index (χ3v) is 5.12. The molecule has 0 spiro atoms. The van der Waals surface area contributed by atoms with Crippen molar-refractivity contribution in [3.05, 3.63) is 51.9 Å². The molecule has 1 atom stereocenters. The SMILES string of the molecule is CCC(C(=O)O)n1c(C(C)C)nc2scc(-c3ccccc3)c2c1=O. The molecular formula is C19H20N2O3S. The maximum atomic E-state index is 13.3. The Morgan fingerprint density at radius 1 is 1.28 bits per heavy atom. The second kappa shape index (κ2) is 6.80. The smallest absolute Gasteiger partial charge is 0.326 e. The molecule has 0 radical (unpaired) electrons. The van der Waals surface area contributed by atoms with Crippen LogP contribution in [0.15, 0.2) is 40.5 Å². The first-order chi connectivity index (χ1) is 12.0. The number of aromatic nitrogens is 2. The standard InChI is InChI=1S/C19H20N2O3S/c1-4-14(19(23)24)21-16(11(2)3)20-17-15(18(21)22)13(10-25-17)12-8-6-5-7-9-12/h5-11,14H,4H2,1-3H3,(H,23,24). The van der Waals surface area contributed by atoms with E-state index in [-0.39, 0.29) is 11.5 Å². The van der Waals surface area contributed by atoms with Crippen molar-refractivity contribution >= 4 is 27.5 Å². The molecule has 25 heavy (non-hydrogen) atoms. The number of carbonyl (C=O) groups is 1. The van der Waals surface area contributed by atoms with E-state index in [1.807, 2.05) is 49.6 Å². The highest BCUT2D eigenvalue weighted by atomic mass is 32.1. The molecule has 1 unspecified atom stereocenters. The maximum Gasteiger partial charge on any atom is 0.326 e. The molecule has 0 aliphatic heterocycles. The van der Waals surface area contributed by atoms with Gasteiger partial charge in [0.2, 0.25) is 0 Å². The molecule has 3 rings (SSSR count). The van der Waals surface area contributed by atoms with Crippen LogP contribution in [0.25, 0.3) is 21.3 Å². The lowest BCUT2D eigenvalue weighted by Crippen LogP contribution is -2.33. The first kappa shape index (κ1) is 17.4. The van der Waals surface area contributed by atoms with Crippen LogP contribution < -0.4 is 5.56 Å². The molecular weight excluding hydrogens is 336 g/mol. The number of nitrogens with zero attached hydrogens (tertiary/aromatic N) is 2. The molecule has 6 heteroatoms. The quantitative estimate of drug-likeness (QED) is 0.740. The van der Waals surface area contributed by atoms with Crippen LogP contribution in [0.2, 0.25) is 0 Å². The van der Waals surface area contributed by atoms with E-state index in [1.54, 1.807) is 6.92 Å². The van der Waals surface area contributed by atoms with E-state index in [4.69, 9.17) is 0 Å². The van der Waals surface area contributed by atoms with Crippen LogP contribution in [0.4, 0.5) is 0 Å². The first-order valence-electron chi connectivity index (χ1n) is 8.27. The summed E-state index contributed by atoms with van der Waals surface area (Å²) >= 11 is 1.42. The lowest BCUT2D eigenvalue weighted by atomic mass is 10.1. The van der Waals surface area contributed by atoms with Crippen molar-refractivity contribution < 1.29 is 9.90 Å². The second-order valence-electron chi connectivity index (χ2n) is 6.26. The monoisotopic (exact) mass is 356 g/mol. The van der Waals surface area contributed by atoms with Crippen LogP contribution in [-0.4, -0.2) is 20.6 Å². The molecule has 5 nitrogen and oxygen atoms in total. The number of carboxylic acids is 1. The van der Waals surface area contributed by atoms with Crippen molar-refractivity contribution in [3.8, 4) is 11.1 Å². The third kappa shape index (κ3) is 2.98. The Morgan fingerprint density at radius 2 is 1.96 bits per heavy atom. The Balaban J connectivity index is 2.38. The number of hydrogen-bond acceptors (Lipinski definition) is 4. The van der Waals surface area contributed by atoms with Crippen LogP contribution in [0.5, 0.6) is 0 Å². The summed E-state index contributed by atoms with van der Waals surface area (Å²) in [7, 11) is 0. The van der Waals surface area contributed by atoms with Gasteiger partial charge < -0.3 is 5.11 Å². The molecule has 1 aromatic carbocycles. The molecule has 0 aliphatic rings. The molecule has 0 fully saturated rings. The largest absolute Gasteiger partial charge is 0.480 e. The molecule has 3 aromatic rings. The zero-order valence-corrected chi connectivity index (χ0v) is 15.2. The number of carboxylic acid groups (broad SMARTS) is 1. The van der Waals surface area contributed by atoms with Crippen molar-refractivity contribution in [2.75, 3.05) is 0 Å². The van der Waals surface area contributed by atoms with Gasteiger partial charge in [0.25, 0.3) is 5.56 Å². The minimum Gasteiger partial charge on any atom is -0.480 e. The third-order valence-electron chi connectivity index (χ3n) is 4.25. The Hall–Kier alpha value is -2.47.